The standard InChI is InChI=1S/C7H10O6/c1-11-6(9)5(3-13-4-8)7(10)12-2/h3,8H,4H2,1-2H3. The number of carbonyl (C=O) groups is 2. The Morgan fingerprint density at radius 2 is 1.69 bits per heavy atom. The molecular weight excluding hydrogens is 180 g/mol. The maximum Gasteiger partial charge on any atom is 0.348 e. The first-order valence-corrected chi connectivity index (χ1v) is 3.26. The molecule has 0 radical (unpaired) electrons. The molecule has 0 fully saturated rings. The molecule has 0 bridgehead atoms. The largest absolute Gasteiger partial charge is 0.474 e. The van der Waals surface area contributed by atoms with Crippen LogP contribution in [0.2, 0.25) is 0 Å². The Bertz CT molecular complexity index is 201. The van der Waals surface area contributed by atoms with Crippen LogP contribution in [-0.2, 0) is 23.8 Å². The zero-order chi connectivity index (χ0) is 10.3. The van der Waals surface area contributed by atoms with Crippen molar-refractivity contribution in [1.29, 1.82) is 0 Å². The summed E-state index contributed by atoms with van der Waals surface area (Å²) in [5.74, 6) is -1.78. The minimum atomic E-state index is -0.889. The Labute approximate surface area is 74.7 Å². The van der Waals surface area contributed by atoms with Crippen LogP contribution in [0, 0.1) is 0 Å². The summed E-state index contributed by atoms with van der Waals surface area (Å²) in [4.78, 5) is 21.7. The van der Waals surface area contributed by atoms with Gasteiger partial charge in [-0.2, -0.15) is 0 Å². The first kappa shape index (κ1) is 11.4. The quantitative estimate of drug-likeness (QED) is 0.156. The molecule has 6 nitrogen and oxygen atoms in total. The van der Waals surface area contributed by atoms with E-state index < -0.39 is 24.3 Å². The monoisotopic (exact) mass is 190 g/mol. The van der Waals surface area contributed by atoms with Crippen LogP contribution < -0.4 is 0 Å². The van der Waals surface area contributed by atoms with Crippen molar-refractivity contribution in [2.75, 3.05) is 21.0 Å². The Kier molecular flexibility index (Phi) is 5.29. The second-order valence-electron chi connectivity index (χ2n) is 1.81. The number of esters is 2. The van der Waals surface area contributed by atoms with Gasteiger partial charge in [-0.1, -0.05) is 0 Å². The number of carbonyl (C=O) groups excluding carboxylic acids is 2. The summed E-state index contributed by atoms with van der Waals surface area (Å²) in [6.07, 6.45) is 0.775. The van der Waals surface area contributed by atoms with Gasteiger partial charge < -0.3 is 19.3 Å². The van der Waals surface area contributed by atoms with Crippen molar-refractivity contribution in [2.24, 2.45) is 0 Å². The van der Waals surface area contributed by atoms with Crippen LogP contribution in [-0.4, -0.2) is 38.1 Å². The molecule has 13 heavy (non-hydrogen) atoms. The number of methoxy groups -OCH3 is 2. The number of hydrogen-bond acceptors (Lipinski definition) is 6. The van der Waals surface area contributed by atoms with E-state index in [4.69, 9.17) is 5.11 Å². The minimum absolute atomic E-state index is 0.418. The van der Waals surface area contributed by atoms with Gasteiger partial charge in [-0.15, -0.1) is 0 Å². The summed E-state index contributed by atoms with van der Waals surface area (Å²) in [6, 6.07) is 0. The number of hydrogen-bond donors (Lipinski definition) is 1. The molecule has 0 saturated heterocycles. The summed E-state index contributed by atoms with van der Waals surface area (Å²) in [5.41, 5.74) is -0.418. The summed E-state index contributed by atoms with van der Waals surface area (Å²) < 4.78 is 12.9. The van der Waals surface area contributed by atoms with E-state index in [1.807, 2.05) is 0 Å². The molecule has 0 heterocycles. The molecule has 0 spiro atoms. The number of aliphatic hydroxyl groups excluding tert-OH is 1. The van der Waals surface area contributed by atoms with Crippen molar-refractivity contribution >= 4 is 11.9 Å². The molecule has 0 aromatic carbocycles. The number of aliphatic hydroxyl groups is 1. The molecule has 0 amide bonds. The molecule has 0 aliphatic heterocycles. The lowest BCUT2D eigenvalue weighted by Crippen LogP contribution is -2.16. The van der Waals surface area contributed by atoms with E-state index in [1.54, 1.807) is 0 Å². The first-order chi connectivity index (χ1) is 6.17. The van der Waals surface area contributed by atoms with Crippen molar-refractivity contribution < 1.29 is 28.9 Å². The molecule has 0 aromatic heterocycles. The highest BCUT2D eigenvalue weighted by atomic mass is 16.6. The van der Waals surface area contributed by atoms with Gasteiger partial charge in [-0.25, -0.2) is 9.59 Å². The van der Waals surface area contributed by atoms with Gasteiger partial charge in [0, 0.05) is 0 Å². The van der Waals surface area contributed by atoms with E-state index in [9.17, 15) is 9.59 Å². The zero-order valence-electron chi connectivity index (χ0n) is 7.27. The van der Waals surface area contributed by atoms with Crippen LogP contribution in [0.15, 0.2) is 11.8 Å². The average Bonchev–Trinajstić information content (AvgIpc) is 2.17. The zero-order valence-corrected chi connectivity index (χ0v) is 7.27. The fourth-order valence-electron chi connectivity index (χ4n) is 0.520. The van der Waals surface area contributed by atoms with Crippen molar-refractivity contribution in [1.82, 2.24) is 0 Å². The van der Waals surface area contributed by atoms with Gasteiger partial charge in [-0.05, 0) is 0 Å². The van der Waals surface area contributed by atoms with E-state index in [2.05, 4.69) is 14.2 Å². The fourth-order valence-corrected chi connectivity index (χ4v) is 0.520. The van der Waals surface area contributed by atoms with Crippen molar-refractivity contribution in [3.8, 4) is 0 Å². The van der Waals surface area contributed by atoms with Crippen LogP contribution in [0.25, 0.3) is 0 Å². The topological polar surface area (TPSA) is 82.1 Å². The third-order valence-electron chi connectivity index (χ3n) is 1.09. The van der Waals surface area contributed by atoms with Crippen LogP contribution >= 0.6 is 0 Å². The molecule has 0 aliphatic rings. The van der Waals surface area contributed by atoms with Gasteiger partial charge in [-0.3, -0.25) is 0 Å². The molecule has 0 unspecified atom stereocenters. The van der Waals surface area contributed by atoms with E-state index in [0.717, 1.165) is 20.5 Å². The van der Waals surface area contributed by atoms with Gasteiger partial charge in [0.15, 0.2) is 12.4 Å². The maximum atomic E-state index is 10.9. The Morgan fingerprint density at radius 1 is 1.23 bits per heavy atom. The Hall–Kier alpha value is -1.56. The second-order valence-corrected chi connectivity index (χ2v) is 1.81. The molecule has 74 valence electrons. The average molecular weight is 190 g/mol. The Morgan fingerprint density at radius 3 is 2.00 bits per heavy atom. The van der Waals surface area contributed by atoms with Gasteiger partial charge in [0.25, 0.3) is 0 Å². The predicted octanol–water partition coefficient (Wildman–Crippen LogP) is -0.817. The molecule has 0 aromatic rings. The third-order valence-corrected chi connectivity index (χ3v) is 1.09. The second kappa shape index (κ2) is 6.01. The van der Waals surface area contributed by atoms with E-state index >= 15 is 0 Å². The molecular formula is C7H10O6. The minimum Gasteiger partial charge on any atom is -0.474 e. The van der Waals surface area contributed by atoms with Gasteiger partial charge in [0.2, 0.25) is 0 Å². The normalized spacial score (nSPS) is 8.54. The highest BCUT2D eigenvalue weighted by molar-refractivity contribution is 6.13. The van der Waals surface area contributed by atoms with Crippen LogP contribution in [0.4, 0.5) is 0 Å². The van der Waals surface area contributed by atoms with Gasteiger partial charge in [0.05, 0.1) is 14.2 Å². The van der Waals surface area contributed by atoms with Crippen LogP contribution in [0.5, 0.6) is 0 Å². The molecule has 6 heteroatoms. The van der Waals surface area contributed by atoms with E-state index in [1.165, 1.54) is 0 Å². The molecule has 0 saturated carbocycles. The molecule has 0 rings (SSSR count). The van der Waals surface area contributed by atoms with Crippen molar-refractivity contribution in [3.63, 3.8) is 0 Å². The predicted molar refractivity (Wildman–Crippen MR) is 40.3 cm³/mol. The SMILES string of the molecule is COC(=O)C(=COCO)C(=O)OC. The molecule has 0 aliphatic carbocycles. The fraction of sp³-hybridized carbons (Fsp3) is 0.429. The lowest BCUT2D eigenvalue weighted by molar-refractivity contribution is -0.144. The summed E-state index contributed by atoms with van der Waals surface area (Å²) in [6.45, 7) is -0.641. The lowest BCUT2D eigenvalue weighted by atomic mass is 10.3. The van der Waals surface area contributed by atoms with E-state index in [0.29, 0.717) is 0 Å². The lowest BCUT2D eigenvalue weighted by Gasteiger charge is -2.02. The highest BCUT2D eigenvalue weighted by Crippen LogP contribution is 2.00. The number of ether oxygens (including phenoxy) is 3. The Balaban J connectivity index is 4.54. The van der Waals surface area contributed by atoms with Crippen molar-refractivity contribution in [3.05, 3.63) is 11.8 Å². The summed E-state index contributed by atoms with van der Waals surface area (Å²) in [5, 5.41) is 8.25. The summed E-state index contributed by atoms with van der Waals surface area (Å²) in [7, 11) is 2.22. The summed E-state index contributed by atoms with van der Waals surface area (Å²) >= 11 is 0. The van der Waals surface area contributed by atoms with Crippen molar-refractivity contribution in [2.45, 2.75) is 0 Å². The highest BCUT2D eigenvalue weighted by Gasteiger charge is 2.20. The van der Waals surface area contributed by atoms with Crippen LogP contribution in [0.1, 0.15) is 0 Å². The molecule has 1 N–H and O–H groups in total. The number of rotatable bonds is 4. The maximum absolute atomic E-state index is 10.9. The molecule has 0 atom stereocenters. The van der Waals surface area contributed by atoms with Crippen LogP contribution in [0.3, 0.4) is 0 Å². The third kappa shape index (κ3) is 3.57. The van der Waals surface area contributed by atoms with E-state index in [-0.39, 0.29) is 0 Å². The smallest absolute Gasteiger partial charge is 0.348 e. The first-order valence-electron chi connectivity index (χ1n) is 3.26. The van der Waals surface area contributed by atoms with Gasteiger partial charge >= 0.3 is 11.9 Å². The van der Waals surface area contributed by atoms with Gasteiger partial charge in [0.1, 0.15) is 6.26 Å².